The smallest absolute Gasteiger partial charge is 0.0791 e. The van der Waals surface area contributed by atoms with Gasteiger partial charge in [-0.15, -0.1) is 0 Å². The maximum Gasteiger partial charge on any atom is 0.0791 e. The van der Waals surface area contributed by atoms with Gasteiger partial charge in [-0.25, -0.2) is 0 Å². The lowest BCUT2D eigenvalue weighted by molar-refractivity contribution is 0.0647. The summed E-state index contributed by atoms with van der Waals surface area (Å²) in [7, 11) is 1.89. The lowest BCUT2D eigenvalue weighted by Crippen LogP contribution is -2.45. The van der Waals surface area contributed by atoms with Gasteiger partial charge in [0.25, 0.3) is 0 Å². The number of rotatable bonds is 6. The first-order chi connectivity index (χ1) is 7.27. The third-order valence-electron chi connectivity index (χ3n) is 3.26. The zero-order valence-electron chi connectivity index (χ0n) is 10.2. The molecule has 2 N–H and O–H groups in total. The van der Waals surface area contributed by atoms with Gasteiger partial charge >= 0.3 is 0 Å². The van der Waals surface area contributed by atoms with Crippen molar-refractivity contribution < 1.29 is 5.11 Å². The minimum absolute atomic E-state index is 0.215. The third-order valence-corrected chi connectivity index (χ3v) is 3.26. The maximum atomic E-state index is 9.78. The molecule has 90 valence electrons. The fourth-order valence-electron chi connectivity index (χ4n) is 2.53. The summed E-state index contributed by atoms with van der Waals surface area (Å²) in [6, 6.07) is 0.718. The SMILES string of the molecule is CCCC1CCCCN1CC(O)CNC. The summed E-state index contributed by atoms with van der Waals surface area (Å²) < 4.78 is 0. The summed E-state index contributed by atoms with van der Waals surface area (Å²) >= 11 is 0. The van der Waals surface area contributed by atoms with Crippen molar-refractivity contribution in [3.05, 3.63) is 0 Å². The molecule has 0 amide bonds. The second-order valence-electron chi connectivity index (χ2n) is 4.64. The minimum Gasteiger partial charge on any atom is -0.390 e. The molecule has 0 saturated carbocycles. The van der Waals surface area contributed by atoms with Crippen molar-refractivity contribution in [3.8, 4) is 0 Å². The van der Waals surface area contributed by atoms with E-state index in [0.29, 0.717) is 6.54 Å². The highest BCUT2D eigenvalue weighted by Crippen LogP contribution is 2.20. The fraction of sp³-hybridized carbons (Fsp3) is 1.00. The Morgan fingerprint density at radius 2 is 2.27 bits per heavy atom. The van der Waals surface area contributed by atoms with E-state index in [9.17, 15) is 5.11 Å². The van der Waals surface area contributed by atoms with Crippen molar-refractivity contribution >= 4 is 0 Å². The molecule has 0 aromatic carbocycles. The number of aliphatic hydroxyl groups is 1. The lowest BCUT2D eigenvalue weighted by Gasteiger charge is -2.36. The molecule has 15 heavy (non-hydrogen) atoms. The normalized spacial score (nSPS) is 25.4. The molecule has 0 spiro atoms. The molecule has 3 nitrogen and oxygen atoms in total. The van der Waals surface area contributed by atoms with Crippen molar-refractivity contribution in [2.75, 3.05) is 26.7 Å². The van der Waals surface area contributed by atoms with E-state index in [2.05, 4.69) is 17.1 Å². The van der Waals surface area contributed by atoms with Crippen LogP contribution in [0, 0.1) is 0 Å². The van der Waals surface area contributed by atoms with Gasteiger partial charge < -0.3 is 10.4 Å². The summed E-state index contributed by atoms with van der Waals surface area (Å²) in [6.45, 7) is 4.96. The van der Waals surface area contributed by atoms with Gasteiger partial charge in [-0.3, -0.25) is 4.90 Å². The first-order valence-corrected chi connectivity index (χ1v) is 6.34. The van der Waals surface area contributed by atoms with Crippen molar-refractivity contribution in [2.24, 2.45) is 0 Å². The predicted molar refractivity (Wildman–Crippen MR) is 64.1 cm³/mol. The number of hydrogen-bond donors (Lipinski definition) is 2. The summed E-state index contributed by atoms with van der Waals surface area (Å²) in [5, 5.41) is 12.8. The Morgan fingerprint density at radius 1 is 1.47 bits per heavy atom. The van der Waals surface area contributed by atoms with E-state index in [0.717, 1.165) is 12.6 Å². The number of aliphatic hydroxyl groups excluding tert-OH is 1. The van der Waals surface area contributed by atoms with Gasteiger partial charge in [0, 0.05) is 19.1 Å². The van der Waals surface area contributed by atoms with Crippen LogP contribution in [0.25, 0.3) is 0 Å². The Labute approximate surface area is 93.9 Å². The van der Waals surface area contributed by atoms with Gasteiger partial charge in [0.15, 0.2) is 0 Å². The lowest BCUT2D eigenvalue weighted by atomic mass is 9.98. The van der Waals surface area contributed by atoms with Crippen LogP contribution >= 0.6 is 0 Å². The average molecular weight is 214 g/mol. The second-order valence-corrected chi connectivity index (χ2v) is 4.64. The average Bonchev–Trinajstić information content (AvgIpc) is 2.21. The van der Waals surface area contributed by atoms with Gasteiger partial charge in [0.05, 0.1) is 6.10 Å². The van der Waals surface area contributed by atoms with Gasteiger partial charge in [0.2, 0.25) is 0 Å². The van der Waals surface area contributed by atoms with Gasteiger partial charge in [0.1, 0.15) is 0 Å². The van der Waals surface area contributed by atoms with Crippen molar-refractivity contribution in [1.82, 2.24) is 10.2 Å². The molecule has 1 aliphatic rings. The van der Waals surface area contributed by atoms with Crippen molar-refractivity contribution in [2.45, 2.75) is 51.2 Å². The van der Waals surface area contributed by atoms with Crippen molar-refractivity contribution in [3.63, 3.8) is 0 Å². The standard InChI is InChI=1S/C12H26N2O/c1-3-6-11-7-4-5-8-14(11)10-12(15)9-13-2/h11-13,15H,3-10H2,1-2H3. The topological polar surface area (TPSA) is 35.5 Å². The number of nitrogens with zero attached hydrogens (tertiary/aromatic N) is 1. The Balaban J connectivity index is 2.34. The van der Waals surface area contributed by atoms with Gasteiger partial charge in [-0.1, -0.05) is 19.8 Å². The van der Waals surface area contributed by atoms with E-state index >= 15 is 0 Å². The zero-order valence-corrected chi connectivity index (χ0v) is 10.2. The van der Waals surface area contributed by atoms with Crippen LogP contribution in [-0.2, 0) is 0 Å². The molecule has 2 unspecified atom stereocenters. The monoisotopic (exact) mass is 214 g/mol. The Morgan fingerprint density at radius 3 is 2.93 bits per heavy atom. The van der Waals surface area contributed by atoms with Gasteiger partial charge in [-0.05, 0) is 32.9 Å². The maximum absolute atomic E-state index is 9.78. The van der Waals surface area contributed by atoms with Gasteiger partial charge in [-0.2, -0.15) is 0 Å². The molecule has 1 saturated heterocycles. The Hall–Kier alpha value is -0.120. The van der Waals surface area contributed by atoms with Crippen LogP contribution < -0.4 is 5.32 Å². The van der Waals surface area contributed by atoms with Crippen LogP contribution in [0.1, 0.15) is 39.0 Å². The van der Waals surface area contributed by atoms with E-state index in [4.69, 9.17) is 0 Å². The second kappa shape index (κ2) is 7.20. The molecular weight excluding hydrogens is 188 g/mol. The van der Waals surface area contributed by atoms with Crippen LogP contribution in [-0.4, -0.2) is 48.8 Å². The quantitative estimate of drug-likeness (QED) is 0.698. The molecule has 0 radical (unpaired) electrons. The number of nitrogens with one attached hydrogen (secondary N) is 1. The fourth-order valence-corrected chi connectivity index (χ4v) is 2.53. The number of β-amino-alcohol motifs (C(OH)–C–C–N with tert-alkyl or cyclic N) is 1. The van der Waals surface area contributed by atoms with E-state index < -0.39 is 0 Å². The molecule has 2 atom stereocenters. The molecular formula is C12H26N2O. The van der Waals surface area contributed by atoms with Crippen molar-refractivity contribution in [1.29, 1.82) is 0 Å². The minimum atomic E-state index is -0.215. The highest BCUT2D eigenvalue weighted by molar-refractivity contribution is 4.78. The Kier molecular flexibility index (Phi) is 6.22. The highest BCUT2D eigenvalue weighted by Gasteiger charge is 2.23. The largest absolute Gasteiger partial charge is 0.390 e. The van der Waals surface area contributed by atoms with Crippen LogP contribution in [0.2, 0.25) is 0 Å². The zero-order chi connectivity index (χ0) is 11.1. The predicted octanol–water partition coefficient (Wildman–Crippen LogP) is 1.22. The molecule has 0 aromatic rings. The molecule has 1 heterocycles. The Bertz CT molecular complexity index is 162. The molecule has 0 aliphatic carbocycles. The summed E-state index contributed by atoms with van der Waals surface area (Å²) in [6.07, 6.45) is 6.30. The molecule has 0 aromatic heterocycles. The van der Waals surface area contributed by atoms with E-state index in [1.807, 2.05) is 7.05 Å². The molecule has 0 bridgehead atoms. The number of likely N-dealkylation sites (tertiary alicyclic amines) is 1. The molecule has 1 rings (SSSR count). The summed E-state index contributed by atoms with van der Waals surface area (Å²) in [4.78, 5) is 2.48. The first kappa shape index (κ1) is 12.9. The molecule has 1 aliphatic heterocycles. The summed E-state index contributed by atoms with van der Waals surface area (Å²) in [5.41, 5.74) is 0. The van der Waals surface area contributed by atoms with Crippen LogP contribution in [0.4, 0.5) is 0 Å². The van der Waals surface area contributed by atoms with E-state index in [1.165, 1.54) is 38.6 Å². The molecule has 3 heteroatoms. The molecule has 1 fully saturated rings. The van der Waals surface area contributed by atoms with Crippen LogP contribution in [0.3, 0.4) is 0 Å². The van der Waals surface area contributed by atoms with Crippen LogP contribution in [0.5, 0.6) is 0 Å². The van der Waals surface area contributed by atoms with E-state index in [1.54, 1.807) is 0 Å². The first-order valence-electron chi connectivity index (χ1n) is 6.34. The number of hydrogen-bond acceptors (Lipinski definition) is 3. The number of likely N-dealkylation sites (N-methyl/N-ethyl adjacent to an activating group) is 1. The summed E-state index contributed by atoms with van der Waals surface area (Å²) in [5.74, 6) is 0. The third kappa shape index (κ3) is 4.49. The highest BCUT2D eigenvalue weighted by atomic mass is 16.3. The van der Waals surface area contributed by atoms with E-state index in [-0.39, 0.29) is 6.10 Å². The number of piperidine rings is 1. The van der Waals surface area contributed by atoms with Crippen LogP contribution in [0.15, 0.2) is 0 Å².